The molecule has 0 bridgehead atoms. The highest BCUT2D eigenvalue weighted by atomic mass is 32.2. The highest BCUT2D eigenvalue weighted by molar-refractivity contribution is 7.92. The maximum absolute atomic E-state index is 14.1. The van der Waals surface area contributed by atoms with Gasteiger partial charge in [-0.3, -0.25) is 0 Å². The van der Waals surface area contributed by atoms with Crippen LogP contribution in [0.5, 0.6) is 0 Å². The van der Waals surface area contributed by atoms with Crippen molar-refractivity contribution < 1.29 is 8.42 Å². The second-order valence-corrected chi connectivity index (χ2v) is 10.3. The van der Waals surface area contributed by atoms with E-state index in [1.54, 1.807) is 12.1 Å². The molecule has 3 atom stereocenters. The van der Waals surface area contributed by atoms with E-state index in [9.17, 15) is 8.42 Å². The largest absolute Gasteiger partial charge is 0.679 e. The average Bonchev–Trinajstić information content (AvgIpc) is 3.49. The number of hydrogen-bond donors (Lipinski definition) is 0. The highest BCUT2D eigenvalue weighted by Gasteiger charge is 2.42. The van der Waals surface area contributed by atoms with Crippen LogP contribution < -0.4 is 0 Å². The molecule has 1 aliphatic heterocycles. The van der Waals surface area contributed by atoms with Gasteiger partial charge in [-0.2, -0.15) is 0 Å². The van der Waals surface area contributed by atoms with Gasteiger partial charge < -0.3 is 5.32 Å². The van der Waals surface area contributed by atoms with Crippen LogP contribution >= 0.6 is 0 Å². The topological polar surface area (TPSA) is 48.2 Å². The Labute approximate surface area is 189 Å². The summed E-state index contributed by atoms with van der Waals surface area (Å²) in [6.45, 7) is 1.96. The standard InChI is InChI=1S/C28H24NO2S/c1-20-16-18-24(19-17-20)32(30,31)28-25(21-10-4-2-5-11-21)26(22-12-6-3-7-13-22)29-27(28)23-14-8-9-15-23/h2-19,25-26,28H,1H3/q-1/t25-,26-,28+/m1/s1. The van der Waals surface area contributed by atoms with Gasteiger partial charge in [-0.05, 0) is 36.1 Å². The Balaban J connectivity index is 1.74. The molecule has 0 N–H and O–H groups in total. The molecule has 3 aromatic carbocycles. The molecule has 0 unspecified atom stereocenters. The normalized spacial score (nSPS) is 22.3. The Morgan fingerprint density at radius 1 is 0.719 bits per heavy atom. The van der Waals surface area contributed by atoms with Crippen LogP contribution in [-0.4, -0.2) is 13.7 Å². The van der Waals surface area contributed by atoms with E-state index in [-0.39, 0.29) is 12.0 Å². The van der Waals surface area contributed by atoms with E-state index in [1.165, 1.54) is 0 Å². The molecule has 0 aromatic heterocycles. The first-order valence-electron chi connectivity index (χ1n) is 10.8. The first kappa shape index (κ1) is 20.5. The molecule has 0 saturated carbocycles. The van der Waals surface area contributed by atoms with Crippen LogP contribution in [0.25, 0.3) is 5.32 Å². The molecule has 5 rings (SSSR count). The minimum absolute atomic E-state index is 0.284. The third-order valence-corrected chi connectivity index (χ3v) is 8.30. The number of hydrogen-bond acceptors (Lipinski definition) is 2. The van der Waals surface area contributed by atoms with E-state index in [1.807, 2.05) is 104 Å². The zero-order valence-electron chi connectivity index (χ0n) is 17.8. The SMILES string of the molecule is Cc1ccc(S(=O)(=O)[C@@H]2C(=C3C=CC=C3)[N-][C@H](c3ccccc3)[C@H]2c2ccccc2)cc1. The van der Waals surface area contributed by atoms with Gasteiger partial charge in [0.25, 0.3) is 0 Å². The zero-order valence-corrected chi connectivity index (χ0v) is 18.6. The monoisotopic (exact) mass is 438 g/mol. The molecule has 3 nitrogen and oxygen atoms in total. The van der Waals surface area contributed by atoms with Crippen LogP contribution in [0.4, 0.5) is 0 Å². The minimum atomic E-state index is -3.70. The Kier molecular flexibility index (Phi) is 5.32. The number of aryl methyl sites for hydroxylation is 1. The second-order valence-electron chi connectivity index (χ2n) is 8.26. The van der Waals surface area contributed by atoms with Gasteiger partial charge in [0.05, 0.1) is 10.1 Å². The van der Waals surface area contributed by atoms with Crippen molar-refractivity contribution in [3.63, 3.8) is 0 Å². The van der Waals surface area contributed by atoms with Crippen molar-refractivity contribution in [2.24, 2.45) is 0 Å². The Morgan fingerprint density at radius 2 is 1.28 bits per heavy atom. The molecular weight excluding hydrogens is 414 g/mol. The van der Waals surface area contributed by atoms with Gasteiger partial charge in [-0.25, -0.2) is 8.42 Å². The predicted molar refractivity (Wildman–Crippen MR) is 129 cm³/mol. The van der Waals surface area contributed by atoms with Gasteiger partial charge in [0.1, 0.15) is 0 Å². The molecule has 160 valence electrons. The van der Waals surface area contributed by atoms with Crippen molar-refractivity contribution in [2.45, 2.75) is 29.0 Å². The smallest absolute Gasteiger partial charge is 0.184 e. The van der Waals surface area contributed by atoms with Crippen LogP contribution in [0.15, 0.2) is 125 Å². The number of sulfone groups is 1. The maximum atomic E-state index is 14.1. The van der Waals surface area contributed by atoms with Crippen LogP contribution in [0.2, 0.25) is 0 Å². The molecule has 0 spiro atoms. The van der Waals surface area contributed by atoms with E-state index < -0.39 is 15.1 Å². The fourth-order valence-electron chi connectivity index (χ4n) is 4.60. The third kappa shape index (κ3) is 3.61. The average molecular weight is 439 g/mol. The van der Waals surface area contributed by atoms with Gasteiger partial charge >= 0.3 is 0 Å². The summed E-state index contributed by atoms with van der Waals surface area (Å²) in [5.41, 5.74) is 4.53. The summed E-state index contributed by atoms with van der Waals surface area (Å²) < 4.78 is 28.3. The third-order valence-electron chi connectivity index (χ3n) is 6.18. The van der Waals surface area contributed by atoms with Gasteiger partial charge in [-0.1, -0.05) is 114 Å². The van der Waals surface area contributed by atoms with Crippen molar-refractivity contribution in [1.82, 2.24) is 0 Å². The molecule has 0 amide bonds. The van der Waals surface area contributed by atoms with Gasteiger partial charge in [0, 0.05) is 0 Å². The van der Waals surface area contributed by atoms with Gasteiger partial charge in [0.2, 0.25) is 0 Å². The summed E-state index contributed by atoms with van der Waals surface area (Å²) in [6.07, 6.45) is 7.76. The first-order chi connectivity index (χ1) is 15.6. The Morgan fingerprint density at radius 3 is 1.88 bits per heavy atom. The Hall–Kier alpha value is -3.37. The van der Waals surface area contributed by atoms with E-state index in [0.717, 1.165) is 22.3 Å². The molecule has 32 heavy (non-hydrogen) atoms. The van der Waals surface area contributed by atoms with Crippen LogP contribution in [-0.2, 0) is 9.84 Å². The first-order valence-corrected chi connectivity index (χ1v) is 12.3. The van der Waals surface area contributed by atoms with Crippen LogP contribution in [0, 0.1) is 6.92 Å². The highest BCUT2D eigenvalue weighted by Crippen LogP contribution is 2.55. The summed E-state index contributed by atoms with van der Waals surface area (Å²) in [6, 6.07) is 26.8. The van der Waals surface area contributed by atoms with Crippen LogP contribution in [0.1, 0.15) is 28.7 Å². The predicted octanol–water partition coefficient (Wildman–Crippen LogP) is 6.43. The lowest BCUT2D eigenvalue weighted by molar-refractivity contribution is 0.569. The summed E-state index contributed by atoms with van der Waals surface area (Å²) in [7, 11) is -3.70. The fourth-order valence-corrected chi connectivity index (χ4v) is 6.59. The summed E-state index contributed by atoms with van der Waals surface area (Å²) in [5, 5.41) is 4.31. The quantitative estimate of drug-likeness (QED) is 0.471. The molecule has 1 fully saturated rings. The lowest BCUT2D eigenvalue weighted by atomic mass is 9.87. The van der Waals surface area contributed by atoms with Gasteiger partial charge in [-0.15, -0.1) is 5.70 Å². The molecule has 4 heteroatoms. The molecule has 1 heterocycles. The number of nitrogens with zero attached hydrogens (tertiary/aromatic N) is 1. The summed E-state index contributed by atoms with van der Waals surface area (Å²) >= 11 is 0. The molecule has 1 saturated heterocycles. The van der Waals surface area contributed by atoms with E-state index in [2.05, 4.69) is 0 Å². The molecule has 1 aliphatic carbocycles. The van der Waals surface area contributed by atoms with E-state index >= 15 is 0 Å². The van der Waals surface area contributed by atoms with Crippen molar-refractivity contribution in [3.05, 3.63) is 143 Å². The van der Waals surface area contributed by atoms with Crippen molar-refractivity contribution in [1.29, 1.82) is 0 Å². The lowest BCUT2D eigenvalue weighted by Gasteiger charge is -2.31. The van der Waals surface area contributed by atoms with E-state index in [0.29, 0.717) is 10.6 Å². The summed E-state index contributed by atoms with van der Waals surface area (Å²) in [5.74, 6) is -0.324. The van der Waals surface area contributed by atoms with Crippen molar-refractivity contribution in [2.75, 3.05) is 0 Å². The Bertz CT molecular complexity index is 1290. The number of rotatable bonds is 4. The number of allylic oxidation sites excluding steroid dienone is 5. The molecule has 0 radical (unpaired) electrons. The van der Waals surface area contributed by atoms with Crippen molar-refractivity contribution >= 4 is 9.84 Å². The van der Waals surface area contributed by atoms with E-state index in [4.69, 9.17) is 5.32 Å². The van der Waals surface area contributed by atoms with Crippen LogP contribution in [0.3, 0.4) is 0 Å². The second kappa shape index (κ2) is 8.29. The number of benzene rings is 3. The molecule has 2 aliphatic rings. The zero-order chi connectivity index (χ0) is 22.1. The maximum Gasteiger partial charge on any atom is 0.184 e. The molecular formula is C28H24NO2S-. The molecule has 3 aromatic rings. The van der Waals surface area contributed by atoms with Gasteiger partial charge in [0.15, 0.2) is 9.84 Å². The van der Waals surface area contributed by atoms with Crippen molar-refractivity contribution in [3.8, 4) is 0 Å². The summed E-state index contributed by atoms with van der Waals surface area (Å²) in [4.78, 5) is 0.335. The fraction of sp³-hybridized carbons (Fsp3) is 0.143. The lowest BCUT2D eigenvalue weighted by Crippen LogP contribution is -2.28. The minimum Gasteiger partial charge on any atom is -0.679 e.